The van der Waals surface area contributed by atoms with Gasteiger partial charge in [-0.15, -0.1) is 0 Å². The Kier molecular flexibility index (Phi) is 7.68. The van der Waals surface area contributed by atoms with E-state index < -0.39 is 35.8 Å². The normalized spacial score (nSPS) is 32.0. The summed E-state index contributed by atoms with van der Waals surface area (Å²) in [6, 6.07) is 11.0. The number of esters is 1. The van der Waals surface area contributed by atoms with Crippen LogP contribution in [0.4, 0.5) is 0 Å². The molecule has 208 valence electrons. The Morgan fingerprint density at radius 3 is 2.59 bits per heavy atom. The van der Waals surface area contributed by atoms with Gasteiger partial charge in [0.1, 0.15) is 24.1 Å². The van der Waals surface area contributed by atoms with Gasteiger partial charge in [-0.1, -0.05) is 55.5 Å². The van der Waals surface area contributed by atoms with Gasteiger partial charge < -0.3 is 24.5 Å². The average Bonchev–Trinajstić information content (AvgIpc) is 2.92. The maximum absolute atomic E-state index is 13.7. The van der Waals surface area contributed by atoms with Crippen molar-refractivity contribution in [2.45, 2.75) is 83.2 Å². The standard InChI is InChI=1S/C32H38O7/c1-18(2)20-13-15-32(3)14-7-10-22(23(32)16-20)31(37)39-30-28(36)27(35)26(34)25-24(33)17-21(38-29(25)30)12-11-19-8-5-4-6-9-19/h4-6,8-10,17,20,23,26-28,30,34-36H,1,7,11-16H2,2-3H3/t20-,23+,26+,27-,28-,30+,32+/m0/s1. The summed E-state index contributed by atoms with van der Waals surface area (Å²) in [6.45, 7) is 8.38. The molecule has 0 aliphatic heterocycles. The van der Waals surface area contributed by atoms with E-state index in [-0.39, 0.29) is 22.7 Å². The summed E-state index contributed by atoms with van der Waals surface area (Å²) in [5.41, 5.74) is 1.98. The van der Waals surface area contributed by atoms with Crippen LogP contribution in [-0.2, 0) is 22.4 Å². The lowest BCUT2D eigenvalue weighted by Crippen LogP contribution is -2.46. The van der Waals surface area contributed by atoms with E-state index in [2.05, 4.69) is 13.5 Å². The van der Waals surface area contributed by atoms with Crippen molar-refractivity contribution in [3.05, 3.63) is 93.1 Å². The molecule has 0 bridgehead atoms. The molecule has 7 atom stereocenters. The zero-order valence-corrected chi connectivity index (χ0v) is 22.6. The summed E-state index contributed by atoms with van der Waals surface area (Å²) < 4.78 is 11.9. The van der Waals surface area contributed by atoms with Gasteiger partial charge in [0, 0.05) is 18.1 Å². The van der Waals surface area contributed by atoms with Crippen molar-refractivity contribution in [3.63, 3.8) is 0 Å². The van der Waals surface area contributed by atoms with Crippen LogP contribution in [0.15, 0.2) is 69.4 Å². The number of hydrogen-bond acceptors (Lipinski definition) is 7. The number of aliphatic hydroxyl groups is 3. The zero-order chi connectivity index (χ0) is 27.9. The third kappa shape index (κ3) is 5.28. The minimum Gasteiger partial charge on any atom is -0.461 e. The first-order chi connectivity index (χ1) is 18.6. The molecular formula is C32H38O7. The van der Waals surface area contributed by atoms with Crippen molar-refractivity contribution in [2.24, 2.45) is 17.3 Å². The fourth-order valence-corrected chi connectivity index (χ4v) is 6.65. The van der Waals surface area contributed by atoms with Crippen molar-refractivity contribution < 1.29 is 29.3 Å². The summed E-state index contributed by atoms with van der Waals surface area (Å²) in [6.07, 6.45) is 1.04. The molecule has 0 unspecified atom stereocenters. The number of rotatable bonds is 6. The van der Waals surface area contributed by atoms with Crippen molar-refractivity contribution in [2.75, 3.05) is 0 Å². The summed E-state index contributed by atoms with van der Waals surface area (Å²) in [4.78, 5) is 26.7. The zero-order valence-electron chi connectivity index (χ0n) is 22.6. The van der Waals surface area contributed by atoms with E-state index >= 15 is 0 Å². The lowest BCUT2D eigenvalue weighted by atomic mass is 9.57. The van der Waals surface area contributed by atoms with E-state index in [0.29, 0.717) is 30.1 Å². The monoisotopic (exact) mass is 534 g/mol. The third-order valence-corrected chi connectivity index (χ3v) is 9.15. The van der Waals surface area contributed by atoms with Crippen LogP contribution in [0.5, 0.6) is 0 Å². The van der Waals surface area contributed by atoms with Crippen molar-refractivity contribution in [1.29, 1.82) is 0 Å². The van der Waals surface area contributed by atoms with Crippen molar-refractivity contribution >= 4 is 5.97 Å². The molecule has 5 rings (SSSR count). The van der Waals surface area contributed by atoms with Gasteiger partial charge in [-0.05, 0) is 68.3 Å². The van der Waals surface area contributed by atoms with Gasteiger partial charge in [0.05, 0.1) is 5.56 Å². The Bertz CT molecular complexity index is 1330. The number of allylic oxidation sites excluding steroid dienone is 2. The predicted molar refractivity (Wildman–Crippen MR) is 146 cm³/mol. The van der Waals surface area contributed by atoms with Gasteiger partial charge >= 0.3 is 5.97 Å². The van der Waals surface area contributed by atoms with Crippen LogP contribution in [0.2, 0.25) is 0 Å². The lowest BCUT2D eigenvalue weighted by Gasteiger charge is -2.47. The molecule has 7 nitrogen and oxygen atoms in total. The number of aryl methyl sites for hydroxylation is 2. The minimum atomic E-state index is -1.71. The second-order valence-electron chi connectivity index (χ2n) is 11.8. The second kappa shape index (κ2) is 10.9. The first-order valence-corrected chi connectivity index (χ1v) is 13.9. The molecule has 3 N–H and O–H groups in total. The van der Waals surface area contributed by atoms with Crippen LogP contribution in [-0.4, -0.2) is 33.5 Å². The maximum Gasteiger partial charge on any atom is 0.334 e. The highest BCUT2D eigenvalue weighted by Gasteiger charge is 2.49. The van der Waals surface area contributed by atoms with E-state index in [1.807, 2.05) is 43.3 Å². The van der Waals surface area contributed by atoms with Crippen LogP contribution in [0.25, 0.3) is 0 Å². The Labute approximate surface area is 228 Å². The van der Waals surface area contributed by atoms with E-state index in [9.17, 15) is 24.9 Å². The predicted octanol–water partition coefficient (Wildman–Crippen LogP) is 4.50. The minimum absolute atomic E-state index is 0.0193. The molecule has 1 heterocycles. The molecule has 7 heteroatoms. The highest BCUT2D eigenvalue weighted by molar-refractivity contribution is 5.89. The number of aliphatic hydroxyl groups excluding tert-OH is 3. The second-order valence-corrected chi connectivity index (χ2v) is 11.8. The van der Waals surface area contributed by atoms with Crippen LogP contribution in [0.1, 0.15) is 80.8 Å². The van der Waals surface area contributed by atoms with E-state index in [0.717, 1.165) is 43.2 Å². The summed E-state index contributed by atoms with van der Waals surface area (Å²) in [5, 5.41) is 32.1. The number of fused-ring (bicyclic) bond motifs is 2. The van der Waals surface area contributed by atoms with Crippen LogP contribution in [0, 0.1) is 17.3 Å². The van der Waals surface area contributed by atoms with Crippen molar-refractivity contribution in [3.8, 4) is 0 Å². The Balaban J connectivity index is 1.44. The molecule has 2 aromatic rings. The van der Waals surface area contributed by atoms with Gasteiger partial charge in [-0.2, -0.15) is 0 Å². The Morgan fingerprint density at radius 1 is 1.13 bits per heavy atom. The third-order valence-electron chi connectivity index (χ3n) is 9.15. The van der Waals surface area contributed by atoms with Gasteiger partial charge in [0.25, 0.3) is 0 Å². The summed E-state index contributed by atoms with van der Waals surface area (Å²) >= 11 is 0. The highest BCUT2D eigenvalue weighted by atomic mass is 16.6. The fraction of sp³-hybridized carbons (Fsp3) is 0.500. The number of ether oxygens (including phenoxy) is 1. The van der Waals surface area contributed by atoms with Gasteiger partial charge in [-0.3, -0.25) is 4.79 Å². The molecule has 0 amide bonds. The van der Waals surface area contributed by atoms with Gasteiger partial charge in [-0.25, -0.2) is 4.79 Å². The lowest BCUT2D eigenvalue weighted by molar-refractivity contribution is -0.171. The van der Waals surface area contributed by atoms with Crippen LogP contribution < -0.4 is 5.43 Å². The van der Waals surface area contributed by atoms with Crippen molar-refractivity contribution in [1.82, 2.24) is 0 Å². The molecule has 1 aromatic carbocycles. The molecule has 1 fully saturated rings. The number of carbonyl (C=O) groups is 1. The molecule has 1 aromatic heterocycles. The summed E-state index contributed by atoms with van der Waals surface area (Å²) in [5.74, 6) is -0.0498. The van der Waals surface area contributed by atoms with Crippen LogP contribution in [0.3, 0.4) is 0 Å². The maximum atomic E-state index is 13.7. The summed E-state index contributed by atoms with van der Waals surface area (Å²) in [7, 11) is 0. The fourth-order valence-electron chi connectivity index (χ4n) is 6.65. The molecule has 1 saturated carbocycles. The quantitative estimate of drug-likeness (QED) is 0.369. The highest BCUT2D eigenvalue weighted by Crippen LogP contribution is 2.53. The largest absolute Gasteiger partial charge is 0.461 e. The SMILES string of the molecule is C=C(C)[C@H]1CC[C@@]2(C)CCC=C(C(=O)O[C@H]3c4oc(CCc5ccccc5)cc(=O)c4[C@@H](O)[C@H](O)[C@@H]3O)[C@H]2C1. The van der Waals surface area contributed by atoms with E-state index in [1.54, 1.807) is 0 Å². The average molecular weight is 535 g/mol. The molecule has 0 saturated heterocycles. The molecular weight excluding hydrogens is 496 g/mol. The number of hydrogen-bond donors (Lipinski definition) is 3. The van der Waals surface area contributed by atoms with Gasteiger partial charge in [0.2, 0.25) is 0 Å². The Morgan fingerprint density at radius 2 is 1.87 bits per heavy atom. The molecule has 0 spiro atoms. The smallest absolute Gasteiger partial charge is 0.334 e. The first-order valence-electron chi connectivity index (χ1n) is 13.9. The topological polar surface area (TPSA) is 117 Å². The van der Waals surface area contributed by atoms with E-state index in [4.69, 9.17) is 9.15 Å². The first kappa shape index (κ1) is 27.6. The Hall–Kier alpha value is -3.00. The number of carbonyl (C=O) groups excluding carboxylic acids is 1. The molecule has 39 heavy (non-hydrogen) atoms. The molecule has 3 aliphatic carbocycles. The molecule has 3 aliphatic rings. The van der Waals surface area contributed by atoms with E-state index in [1.165, 1.54) is 6.07 Å². The van der Waals surface area contributed by atoms with Gasteiger partial charge in [0.15, 0.2) is 17.3 Å². The number of benzene rings is 1. The van der Waals surface area contributed by atoms with Crippen LogP contribution >= 0.6 is 0 Å². The molecule has 0 radical (unpaired) electrons.